The number of nitrogens with zero attached hydrogens (tertiary/aromatic N) is 1. The van der Waals surface area contributed by atoms with Gasteiger partial charge in [-0.2, -0.15) is 0 Å². The number of rotatable bonds is 7. The third-order valence-electron chi connectivity index (χ3n) is 3.39. The number of nitrogens with one attached hydrogen (secondary N) is 3. The smallest absolute Gasteiger partial charge is 0.315 e. The molecule has 0 aliphatic heterocycles. The minimum atomic E-state index is -0.387. The number of hydrogen-bond acceptors (Lipinski definition) is 4. The number of carbonyl (C=O) groups excluding carboxylic acids is 2. The van der Waals surface area contributed by atoms with Crippen LogP contribution >= 0.6 is 0 Å². The van der Waals surface area contributed by atoms with Crippen LogP contribution in [0.4, 0.5) is 4.79 Å². The van der Waals surface area contributed by atoms with Crippen molar-refractivity contribution in [2.45, 2.75) is 39.3 Å². The molecule has 1 aromatic carbocycles. The highest BCUT2D eigenvalue weighted by atomic mass is 16.4. The Bertz CT molecular complexity index is 697. The summed E-state index contributed by atoms with van der Waals surface area (Å²) in [4.78, 5) is 27.6. The van der Waals surface area contributed by atoms with Crippen LogP contribution in [0.2, 0.25) is 0 Å². The minimum Gasteiger partial charge on any atom is -0.438 e. The highest BCUT2D eigenvalue weighted by Crippen LogP contribution is 2.22. The van der Waals surface area contributed by atoms with E-state index >= 15 is 0 Å². The molecule has 2 aromatic rings. The first-order valence-corrected chi connectivity index (χ1v) is 8.30. The van der Waals surface area contributed by atoms with Crippen LogP contribution in [0.15, 0.2) is 40.9 Å². The average Bonchev–Trinajstić information content (AvgIpc) is 3.05. The summed E-state index contributed by atoms with van der Waals surface area (Å²) < 4.78 is 5.70. The summed E-state index contributed by atoms with van der Waals surface area (Å²) in [7, 11) is 0. The fraction of sp³-hybridized carbons (Fsp3) is 0.389. The van der Waals surface area contributed by atoms with Crippen LogP contribution in [-0.4, -0.2) is 29.5 Å². The summed E-state index contributed by atoms with van der Waals surface area (Å²) in [5.74, 6) is 0.977. The van der Waals surface area contributed by atoms with E-state index in [0.717, 1.165) is 5.56 Å². The van der Waals surface area contributed by atoms with Gasteiger partial charge >= 0.3 is 6.03 Å². The predicted molar refractivity (Wildman–Crippen MR) is 94.8 cm³/mol. The zero-order valence-electron chi connectivity index (χ0n) is 14.7. The molecule has 1 aromatic heterocycles. The van der Waals surface area contributed by atoms with Gasteiger partial charge < -0.3 is 20.4 Å². The van der Waals surface area contributed by atoms with Gasteiger partial charge in [-0.25, -0.2) is 9.78 Å². The number of aromatic nitrogens is 1. The van der Waals surface area contributed by atoms with Gasteiger partial charge in [0.05, 0.1) is 6.20 Å². The average molecular weight is 344 g/mol. The normalized spacial score (nSPS) is 11.8. The third-order valence-corrected chi connectivity index (χ3v) is 3.39. The predicted octanol–water partition coefficient (Wildman–Crippen LogP) is 2.62. The van der Waals surface area contributed by atoms with E-state index in [1.54, 1.807) is 13.1 Å². The molecule has 3 amide bonds. The van der Waals surface area contributed by atoms with E-state index in [4.69, 9.17) is 4.42 Å². The van der Waals surface area contributed by atoms with Crippen molar-refractivity contribution < 1.29 is 14.0 Å². The summed E-state index contributed by atoms with van der Waals surface area (Å²) in [6.07, 6.45) is 1.87. The van der Waals surface area contributed by atoms with Crippen molar-refractivity contribution in [3.63, 3.8) is 0 Å². The summed E-state index contributed by atoms with van der Waals surface area (Å²) in [6.45, 7) is 5.82. The number of carbonyl (C=O) groups is 2. The zero-order chi connectivity index (χ0) is 18.2. The molecule has 0 saturated heterocycles. The van der Waals surface area contributed by atoms with Crippen molar-refractivity contribution in [1.29, 1.82) is 0 Å². The molecule has 0 spiro atoms. The van der Waals surface area contributed by atoms with Crippen molar-refractivity contribution in [3.8, 4) is 11.3 Å². The standard InChI is InChI=1S/C18H24N4O3/c1-12(2)21-16(23)9-10-19-18(24)22-13(3)17-20-11-15(25-17)14-7-5-4-6-8-14/h4-8,11-13H,9-10H2,1-3H3,(H,21,23)(H2,19,22,24)/t13-/m1/s1. The third kappa shape index (κ3) is 5.95. The molecule has 1 heterocycles. The Labute approximate surface area is 147 Å². The van der Waals surface area contributed by atoms with Crippen LogP contribution in [0, 0.1) is 0 Å². The van der Waals surface area contributed by atoms with Crippen LogP contribution < -0.4 is 16.0 Å². The first-order chi connectivity index (χ1) is 12.0. The minimum absolute atomic E-state index is 0.0881. The van der Waals surface area contributed by atoms with Gasteiger partial charge in [0.1, 0.15) is 6.04 Å². The maximum absolute atomic E-state index is 11.9. The van der Waals surface area contributed by atoms with Crippen molar-refractivity contribution >= 4 is 11.9 Å². The molecular formula is C18H24N4O3. The molecule has 25 heavy (non-hydrogen) atoms. The Hall–Kier alpha value is -2.83. The molecule has 0 fully saturated rings. The molecule has 0 bridgehead atoms. The van der Waals surface area contributed by atoms with Crippen molar-refractivity contribution in [3.05, 3.63) is 42.4 Å². The van der Waals surface area contributed by atoms with E-state index in [9.17, 15) is 9.59 Å². The SMILES string of the molecule is CC(C)NC(=O)CCNC(=O)N[C@H](C)c1ncc(-c2ccccc2)o1. The lowest BCUT2D eigenvalue weighted by Gasteiger charge is -2.12. The number of amides is 3. The molecule has 0 radical (unpaired) electrons. The molecule has 0 saturated carbocycles. The van der Waals surface area contributed by atoms with Gasteiger partial charge in [0.2, 0.25) is 11.8 Å². The summed E-state index contributed by atoms with van der Waals surface area (Å²) in [5.41, 5.74) is 0.925. The molecule has 0 aliphatic carbocycles. The van der Waals surface area contributed by atoms with Gasteiger partial charge in [-0.15, -0.1) is 0 Å². The van der Waals surface area contributed by atoms with Gasteiger partial charge in [-0.3, -0.25) is 4.79 Å². The van der Waals surface area contributed by atoms with Crippen molar-refractivity contribution in [2.75, 3.05) is 6.54 Å². The molecule has 0 unspecified atom stereocenters. The van der Waals surface area contributed by atoms with E-state index in [1.165, 1.54) is 0 Å². The molecule has 1 atom stereocenters. The fourth-order valence-electron chi connectivity index (χ4n) is 2.22. The van der Waals surface area contributed by atoms with Crippen LogP contribution in [-0.2, 0) is 4.79 Å². The van der Waals surface area contributed by atoms with Crippen LogP contribution in [0.3, 0.4) is 0 Å². The molecule has 7 heteroatoms. The van der Waals surface area contributed by atoms with Crippen LogP contribution in [0.5, 0.6) is 0 Å². The first kappa shape index (κ1) is 18.5. The van der Waals surface area contributed by atoms with E-state index in [1.807, 2.05) is 44.2 Å². The summed E-state index contributed by atoms with van der Waals surface area (Å²) in [5, 5.41) is 8.15. The number of hydrogen-bond donors (Lipinski definition) is 3. The van der Waals surface area contributed by atoms with Gasteiger partial charge in [0.25, 0.3) is 0 Å². The Morgan fingerprint density at radius 3 is 2.52 bits per heavy atom. The quantitative estimate of drug-likeness (QED) is 0.719. The first-order valence-electron chi connectivity index (χ1n) is 8.30. The molecule has 134 valence electrons. The topological polar surface area (TPSA) is 96.3 Å². The lowest BCUT2D eigenvalue weighted by atomic mass is 10.2. The second-order valence-electron chi connectivity index (χ2n) is 6.02. The molecule has 7 nitrogen and oxygen atoms in total. The fourth-order valence-corrected chi connectivity index (χ4v) is 2.22. The second-order valence-corrected chi connectivity index (χ2v) is 6.02. The lowest BCUT2D eigenvalue weighted by Crippen LogP contribution is -2.39. The van der Waals surface area contributed by atoms with E-state index in [-0.39, 0.29) is 37.0 Å². The van der Waals surface area contributed by atoms with Crippen molar-refractivity contribution in [1.82, 2.24) is 20.9 Å². The summed E-state index contributed by atoms with van der Waals surface area (Å²) >= 11 is 0. The van der Waals surface area contributed by atoms with E-state index in [2.05, 4.69) is 20.9 Å². The Morgan fingerprint density at radius 2 is 1.84 bits per heavy atom. The number of urea groups is 1. The van der Waals surface area contributed by atoms with Crippen LogP contribution in [0.25, 0.3) is 11.3 Å². The molecular weight excluding hydrogens is 320 g/mol. The maximum Gasteiger partial charge on any atom is 0.315 e. The maximum atomic E-state index is 11.9. The zero-order valence-corrected chi connectivity index (χ0v) is 14.7. The van der Waals surface area contributed by atoms with Gasteiger partial charge in [0.15, 0.2) is 5.76 Å². The second kappa shape index (κ2) is 8.86. The van der Waals surface area contributed by atoms with Crippen LogP contribution in [0.1, 0.15) is 39.1 Å². The summed E-state index contributed by atoms with van der Waals surface area (Å²) in [6, 6.07) is 8.95. The molecule has 2 rings (SSSR count). The Kier molecular flexibility index (Phi) is 6.56. The number of benzene rings is 1. The molecule has 3 N–H and O–H groups in total. The van der Waals surface area contributed by atoms with Gasteiger partial charge in [-0.1, -0.05) is 30.3 Å². The largest absolute Gasteiger partial charge is 0.438 e. The monoisotopic (exact) mass is 344 g/mol. The van der Waals surface area contributed by atoms with Gasteiger partial charge in [0, 0.05) is 24.6 Å². The highest BCUT2D eigenvalue weighted by molar-refractivity contribution is 5.78. The Morgan fingerprint density at radius 1 is 1.12 bits per heavy atom. The van der Waals surface area contributed by atoms with E-state index < -0.39 is 0 Å². The number of oxazole rings is 1. The Balaban J connectivity index is 1.79. The van der Waals surface area contributed by atoms with E-state index in [0.29, 0.717) is 11.7 Å². The lowest BCUT2D eigenvalue weighted by molar-refractivity contribution is -0.121. The van der Waals surface area contributed by atoms with Gasteiger partial charge in [-0.05, 0) is 20.8 Å². The van der Waals surface area contributed by atoms with Crippen molar-refractivity contribution in [2.24, 2.45) is 0 Å². The molecule has 0 aliphatic rings. The highest BCUT2D eigenvalue weighted by Gasteiger charge is 2.15.